The number of nitrogens with two attached hydrogens (primary N) is 1. The van der Waals surface area contributed by atoms with Crippen molar-refractivity contribution in [3.63, 3.8) is 0 Å². The fourth-order valence-corrected chi connectivity index (χ4v) is 4.43. The van der Waals surface area contributed by atoms with Gasteiger partial charge in [-0.15, -0.1) is 0 Å². The number of nitrogens with one attached hydrogen (secondary N) is 1. The average molecular weight is 390 g/mol. The number of aryl methyl sites for hydroxylation is 1. The van der Waals surface area contributed by atoms with Gasteiger partial charge in [-0.3, -0.25) is 0 Å². The molecule has 0 aliphatic heterocycles. The standard InChI is InChI=1S/C23H26N4O2/c1-13-6-7-19(17-5-3-4-16(13)17)27-23-18-10-22(29-15-8-14(24)9-15)21(28-2)11-20(18)25-12-26-23/h6-7,10-12,14-15H,3-5,8-9,24H2,1-2H3,(H,25,26,27). The molecule has 2 aliphatic rings. The van der Waals surface area contributed by atoms with Crippen molar-refractivity contribution in [3.8, 4) is 11.5 Å². The number of benzene rings is 2. The number of nitrogens with zero attached hydrogens (tertiary/aromatic N) is 2. The van der Waals surface area contributed by atoms with E-state index in [2.05, 4.69) is 34.3 Å². The van der Waals surface area contributed by atoms with E-state index in [9.17, 15) is 0 Å². The first-order chi connectivity index (χ1) is 14.1. The molecule has 0 radical (unpaired) electrons. The maximum Gasteiger partial charge on any atom is 0.162 e. The molecule has 0 saturated heterocycles. The Morgan fingerprint density at radius 1 is 1.07 bits per heavy atom. The summed E-state index contributed by atoms with van der Waals surface area (Å²) in [6, 6.07) is 8.47. The lowest BCUT2D eigenvalue weighted by molar-refractivity contribution is 0.0975. The molecule has 1 aromatic heterocycles. The summed E-state index contributed by atoms with van der Waals surface area (Å²) < 4.78 is 11.7. The maximum atomic E-state index is 6.16. The van der Waals surface area contributed by atoms with E-state index in [1.54, 1.807) is 13.4 Å². The van der Waals surface area contributed by atoms with Crippen molar-refractivity contribution in [3.05, 3.63) is 47.3 Å². The van der Waals surface area contributed by atoms with Gasteiger partial charge in [-0.05, 0) is 67.9 Å². The summed E-state index contributed by atoms with van der Waals surface area (Å²) in [7, 11) is 1.65. The van der Waals surface area contributed by atoms with E-state index in [-0.39, 0.29) is 12.1 Å². The van der Waals surface area contributed by atoms with Crippen molar-refractivity contribution in [2.45, 2.75) is 51.2 Å². The molecule has 3 aromatic rings. The van der Waals surface area contributed by atoms with Crippen molar-refractivity contribution in [2.75, 3.05) is 12.4 Å². The molecule has 1 saturated carbocycles. The van der Waals surface area contributed by atoms with Gasteiger partial charge in [0.2, 0.25) is 0 Å². The molecular formula is C23H26N4O2. The Labute approximate surface area is 170 Å². The van der Waals surface area contributed by atoms with Gasteiger partial charge in [0.1, 0.15) is 18.2 Å². The van der Waals surface area contributed by atoms with E-state index in [1.807, 2.05) is 12.1 Å². The minimum atomic E-state index is 0.137. The molecular weight excluding hydrogens is 364 g/mol. The van der Waals surface area contributed by atoms with E-state index < -0.39 is 0 Å². The Morgan fingerprint density at radius 2 is 1.90 bits per heavy atom. The highest BCUT2D eigenvalue weighted by Crippen LogP contribution is 2.38. The third-order valence-corrected chi connectivity index (χ3v) is 6.12. The summed E-state index contributed by atoms with van der Waals surface area (Å²) in [6.45, 7) is 2.19. The molecule has 2 aromatic carbocycles. The highest BCUT2D eigenvalue weighted by molar-refractivity contribution is 5.93. The molecule has 150 valence electrons. The summed E-state index contributed by atoms with van der Waals surface area (Å²) in [6.07, 6.45) is 6.92. The third kappa shape index (κ3) is 3.27. The van der Waals surface area contributed by atoms with Crippen molar-refractivity contribution >= 4 is 22.4 Å². The smallest absolute Gasteiger partial charge is 0.162 e. The Hall–Kier alpha value is -2.86. The first-order valence-corrected chi connectivity index (χ1v) is 10.3. The van der Waals surface area contributed by atoms with Crippen molar-refractivity contribution < 1.29 is 9.47 Å². The average Bonchev–Trinajstić information content (AvgIpc) is 3.20. The van der Waals surface area contributed by atoms with Crippen LogP contribution < -0.4 is 20.5 Å². The number of ether oxygens (including phenoxy) is 2. The molecule has 29 heavy (non-hydrogen) atoms. The molecule has 2 aliphatic carbocycles. The second-order valence-electron chi connectivity index (χ2n) is 8.08. The second kappa shape index (κ2) is 7.19. The fourth-order valence-electron chi connectivity index (χ4n) is 4.43. The summed E-state index contributed by atoms with van der Waals surface area (Å²) in [5.41, 5.74) is 12.1. The lowest BCUT2D eigenvalue weighted by Crippen LogP contribution is -2.43. The number of fused-ring (bicyclic) bond motifs is 2. The van der Waals surface area contributed by atoms with Crippen LogP contribution in [-0.2, 0) is 12.8 Å². The Kier molecular flexibility index (Phi) is 4.51. The van der Waals surface area contributed by atoms with Gasteiger partial charge in [-0.25, -0.2) is 9.97 Å². The summed E-state index contributed by atoms with van der Waals surface area (Å²) >= 11 is 0. The van der Waals surface area contributed by atoms with Gasteiger partial charge in [-0.1, -0.05) is 6.07 Å². The zero-order chi connectivity index (χ0) is 20.0. The normalized spacial score (nSPS) is 20.2. The first-order valence-electron chi connectivity index (χ1n) is 10.3. The number of anilines is 2. The predicted octanol–water partition coefficient (Wildman–Crippen LogP) is 4.05. The van der Waals surface area contributed by atoms with Gasteiger partial charge < -0.3 is 20.5 Å². The van der Waals surface area contributed by atoms with Crippen LogP contribution in [0.3, 0.4) is 0 Å². The largest absolute Gasteiger partial charge is 0.493 e. The van der Waals surface area contributed by atoms with E-state index in [4.69, 9.17) is 15.2 Å². The van der Waals surface area contributed by atoms with Crippen LogP contribution in [0.15, 0.2) is 30.6 Å². The second-order valence-corrected chi connectivity index (χ2v) is 8.08. The van der Waals surface area contributed by atoms with Crippen LogP contribution in [0.2, 0.25) is 0 Å². The molecule has 3 N–H and O–H groups in total. The van der Waals surface area contributed by atoms with Crippen molar-refractivity contribution in [1.29, 1.82) is 0 Å². The molecule has 0 atom stereocenters. The van der Waals surface area contributed by atoms with E-state index >= 15 is 0 Å². The minimum absolute atomic E-state index is 0.137. The van der Waals surface area contributed by atoms with Crippen LogP contribution in [-0.4, -0.2) is 29.2 Å². The van der Waals surface area contributed by atoms with Gasteiger partial charge >= 0.3 is 0 Å². The van der Waals surface area contributed by atoms with Gasteiger partial charge in [0.25, 0.3) is 0 Å². The van der Waals surface area contributed by atoms with Crippen LogP contribution in [0, 0.1) is 6.92 Å². The molecule has 5 rings (SSSR count). The molecule has 6 nitrogen and oxygen atoms in total. The van der Waals surface area contributed by atoms with Crippen LogP contribution in [0.5, 0.6) is 11.5 Å². The zero-order valence-corrected chi connectivity index (χ0v) is 16.9. The van der Waals surface area contributed by atoms with Crippen molar-refractivity contribution in [1.82, 2.24) is 9.97 Å². The van der Waals surface area contributed by atoms with Gasteiger partial charge in [0.15, 0.2) is 11.5 Å². The fraction of sp³-hybridized carbons (Fsp3) is 0.391. The summed E-state index contributed by atoms with van der Waals surface area (Å²) in [5.74, 6) is 2.17. The number of aromatic nitrogens is 2. The quantitative estimate of drug-likeness (QED) is 0.684. The predicted molar refractivity (Wildman–Crippen MR) is 114 cm³/mol. The molecule has 0 spiro atoms. The lowest BCUT2D eigenvalue weighted by atomic mass is 9.90. The summed E-state index contributed by atoms with van der Waals surface area (Å²) in [4.78, 5) is 8.97. The number of hydrogen-bond acceptors (Lipinski definition) is 6. The number of hydrogen-bond donors (Lipinski definition) is 2. The van der Waals surface area contributed by atoms with Gasteiger partial charge in [0, 0.05) is 23.2 Å². The first kappa shape index (κ1) is 18.2. The lowest BCUT2D eigenvalue weighted by Gasteiger charge is -2.33. The van der Waals surface area contributed by atoms with Gasteiger partial charge in [-0.2, -0.15) is 0 Å². The topological polar surface area (TPSA) is 82.3 Å². The van der Waals surface area contributed by atoms with Gasteiger partial charge in [0.05, 0.1) is 12.6 Å². The highest BCUT2D eigenvalue weighted by Gasteiger charge is 2.29. The molecule has 0 amide bonds. The molecule has 1 fully saturated rings. The Morgan fingerprint density at radius 3 is 2.69 bits per heavy atom. The van der Waals surface area contributed by atoms with E-state index in [0.29, 0.717) is 11.5 Å². The van der Waals surface area contributed by atoms with Crippen LogP contribution in [0.4, 0.5) is 11.5 Å². The molecule has 0 unspecified atom stereocenters. The van der Waals surface area contributed by atoms with Crippen LogP contribution in [0.25, 0.3) is 10.9 Å². The van der Waals surface area contributed by atoms with Crippen LogP contribution >= 0.6 is 0 Å². The highest BCUT2D eigenvalue weighted by atomic mass is 16.5. The Balaban J connectivity index is 1.53. The number of methoxy groups -OCH3 is 1. The van der Waals surface area contributed by atoms with E-state index in [0.717, 1.165) is 48.1 Å². The minimum Gasteiger partial charge on any atom is -0.493 e. The molecule has 1 heterocycles. The SMILES string of the molecule is COc1cc2ncnc(Nc3ccc(C)c4c3CCC4)c2cc1OC1CC(N)C1. The summed E-state index contributed by atoms with van der Waals surface area (Å²) in [5, 5.41) is 4.48. The molecule has 0 bridgehead atoms. The molecule has 6 heteroatoms. The maximum absolute atomic E-state index is 6.16. The van der Waals surface area contributed by atoms with Crippen LogP contribution in [0.1, 0.15) is 36.0 Å². The number of rotatable bonds is 5. The third-order valence-electron chi connectivity index (χ3n) is 6.12. The zero-order valence-electron chi connectivity index (χ0n) is 16.9. The Bertz CT molecular complexity index is 1080. The monoisotopic (exact) mass is 390 g/mol. The van der Waals surface area contributed by atoms with Crippen molar-refractivity contribution in [2.24, 2.45) is 5.73 Å². The van der Waals surface area contributed by atoms with E-state index in [1.165, 1.54) is 23.1 Å².